The highest BCUT2D eigenvalue weighted by atomic mass is 16.7. The van der Waals surface area contributed by atoms with Gasteiger partial charge in [0, 0.05) is 19.5 Å². The minimum absolute atomic E-state index is 0.142. The number of carbonyl (C=O) groups is 1. The Bertz CT molecular complexity index is 1090. The van der Waals surface area contributed by atoms with E-state index >= 15 is 0 Å². The summed E-state index contributed by atoms with van der Waals surface area (Å²) in [5.41, 5.74) is 3.39. The maximum atomic E-state index is 12.7. The molecule has 3 saturated carbocycles. The first-order chi connectivity index (χ1) is 20.6. The average Bonchev–Trinajstić information content (AvgIpc) is 3.34. The van der Waals surface area contributed by atoms with E-state index in [1.807, 2.05) is 30.3 Å². The van der Waals surface area contributed by atoms with Crippen LogP contribution < -0.4 is 5.32 Å². The molecule has 0 radical (unpaired) electrons. The summed E-state index contributed by atoms with van der Waals surface area (Å²) in [5, 5.41) is 13.1. The topological polar surface area (TPSA) is 67.8 Å². The lowest BCUT2D eigenvalue weighted by Gasteiger charge is -2.58. The monoisotopic (exact) mass is 593 g/mol. The van der Waals surface area contributed by atoms with Crippen molar-refractivity contribution in [2.45, 2.75) is 124 Å². The van der Waals surface area contributed by atoms with Crippen LogP contribution in [0.5, 0.6) is 0 Å². The van der Waals surface area contributed by atoms with Crippen molar-refractivity contribution in [1.29, 1.82) is 0 Å². The highest BCUT2D eigenvalue weighted by Crippen LogP contribution is 2.67. The molecule has 2 N–H and O–H groups in total. The van der Waals surface area contributed by atoms with Gasteiger partial charge in [-0.1, -0.05) is 95.9 Å². The molecular formula is C38H59NO4. The summed E-state index contributed by atoms with van der Waals surface area (Å²) in [6, 6.07) is 10.1. The molecular weight excluding hydrogens is 534 g/mol. The Labute approximate surface area is 261 Å². The maximum Gasteiger partial charge on any atom is 0.508 e. The van der Waals surface area contributed by atoms with Crippen LogP contribution in [0.4, 0.5) is 4.79 Å². The summed E-state index contributed by atoms with van der Waals surface area (Å²) in [6.45, 7) is 13.3. The molecule has 43 heavy (non-hydrogen) atoms. The highest BCUT2D eigenvalue weighted by molar-refractivity contribution is 5.60. The van der Waals surface area contributed by atoms with Gasteiger partial charge in [-0.25, -0.2) is 4.79 Å². The molecule has 5 nitrogen and oxygen atoms in total. The zero-order valence-corrected chi connectivity index (χ0v) is 27.7. The van der Waals surface area contributed by atoms with Crippen molar-refractivity contribution in [1.82, 2.24) is 5.32 Å². The van der Waals surface area contributed by atoms with Gasteiger partial charge in [0.25, 0.3) is 0 Å². The number of fused-ring (bicyclic) bond motifs is 5. The van der Waals surface area contributed by atoms with Gasteiger partial charge in [0.05, 0.1) is 6.61 Å². The molecule has 0 aliphatic heterocycles. The third-order valence-electron chi connectivity index (χ3n) is 12.5. The van der Waals surface area contributed by atoms with Crippen LogP contribution >= 0.6 is 0 Å². The molecule has 4 aliphatic rings. The zero-order chi connectivity index (χ0) is 30.6. The van der Waals surface area contributed by atoms with E-state index in [0.717, 1.165) is 60.3 Å². The van der Waals surface area contributed by atoms with Crippen LogP contribution in [0.15, 0.2) is 42.0 Å². The van der Waals surface area contributed by atoms with Crippen LogP contribution in [0.1, 0.15) is 111 Å². The van der Waals surface area contributed by atoms with Crippen LogP contribution in [0.2, 0.25) is 0 Å². The number of rotatable bonds is 12. The molecule has 0 aromatic heterocycles. The quantitative estimate of drug-likeness (QED) is 0.187. The molecule has 240 valence electrons. The molecule has 0 saturated heterocycles. The highest BCUT2D eigenvalue weighted by Gasteiger charge is 2.59. The Balaban J connectivity index is 1.14. The predicted molar refractivity (Wildman–Crippen MR) is 173 cm³/mol. The van der Waals surface area contributed by atoms with E-state index in [9.17, 15) is 9.90 Å². The molecule has 1 aromatic rings. The molecule has 0 spiro atoms. The Hall–Kier alpha value is -1.85. The van der Waals surface area contributed by atoms with Gasteiger partial charge in [-0.05, 0) is 96.8 Å². The summed E-state index contributed by atoms with van der Waals surface area (Å²) < 4.78 is 11.4. The molecule has 1 aromatic carbocycles. The number of hydrogen-bond acceptors (Lipinski definition) is 5. The predicted octanol–water partition coefficient (Wildman–Crippen LogP) is 8.70. The second-order valence-corrected chi connectivity index (χ2v) is 15.6. The summed E-state index contributed by atoms with van der Waals surface area (Å²) in [4.78, 5) is 12.7. The molecule has 5 rings (SSSR count). The van der Waals surface area contributed by atoms with Crippen LogP contribution in [-0.2, 0) is 16.0 Å². The lowest BCUT2D eigenvalue weighted by Crippen LogP contribution is -2.51. The van der Waals surface area contributed by atoms with E-state index in [0.29, 0.717) is 18.5 Å². The van der Waals surface area contributed by atoms with Crippen LogP contribution in [0.3, 0.4) is 0 Å². The lowest BCUT2D eigenvalue weighted by atomic mass is 9.47. The fourth-order valence-electron chi connectivity index (χ4n) is 10.2. The second kappa shape index (κ2) is 14.1. The van der Waals surface area contributed by atoms with E-state index < -0.39 is 12.3 Å². The maximum absolute atomic E-state index is 12.7. The minimum Gasteiger partial charge on any atom is -0.431 e. The van der Waals surface area contributed by atoms with Gasteiger partial charge in [-0.3, -0.25) is 0 Å². The summed E-state index contributed by atoms with van der Waals surface area (Å²) >= 11 is 0. The first kappa shape index (κ1) is 32.5. The van der Waals surface area contributed by atoms with Crippen molar-refractivity contribution in [2.24, 2.45) is 46.3 Å². The van der Waals surface area contributed by atoms with Gasteiger partial charge in [0.2, 0.25) is 0 Å². The zero-order valence-electron chi connectivity index (χ0n) is 27.7. The second-order valence-electron chi connectivity index (χ2n) is 15.6. The molecule has 9 atom stereocenters. The molecule has 2 unspecified atom stereocenters. The number of aliphatic hydroxyl groups is 1. The van der Waals surface area contributed by atoms with E-state index in [2.05, 4.69) is 46.0 Å². The van der Waals surface area contributed by atoms with Gasteiger partial charge in [0.1, 0.15) is 12.2 Å². The summed E-state index contributed by atoms with van der Waals surface area (Å²) in [7, 11) is 0. The summed E-state index contributed by atoms with van der Waals surface area (Å²) in [5.74, 6) is 4.95. The smallest absolute Gasteiger partial charge is 0.431 e. The molecule has 0 amide bonds. The van der Waals surface area contributed by atoms with Crippen molar-refractivity contribution in [3.63, 3.8) is 0 Å². The van der Waals surface area contributed by atoms with Gasteiger partial charge in [-0.15, -0.1) is 0 Å². The normalized spacial score (nSPS) is 34.9. The fraction of sp³-hybridized carbons (Fsp3) is 0.763. The number of aliphatic hydroxyl groups excluding tert-OH is 1. The Morgan fingerprint density at radius 1 is 1.02 bits per heavy atom. The van der Waals surface area contributed by atoms with Gasteiger partial charge < -0.3 is 19.9 Å². The fourth-order valence-corrected chi connectivity index (χ4v) is 10.2. The largest absolute Gasteiger partial charge is 0.508 e. The Morgan fingerprint density at radius 2 is 1.81 bits per heavy atom. The van der Waals surface area contributed by atoms with Crippen molar-refractivity contribution < 1.29 is 19.4 Å². The number of benzene rings is 1. The van der Waals surface area contributed by atoms with E-state index in [1.54, 1.807) is 0 Å². The Morgan fingerprint density at radius 3 is 2.56 bits per heavy atom. The number of carbonyl (C=O) groups excluding carboxylic acids is 1. The van der Waals surface area contributed by atoms with Crippen molar-refractivity contribution in [2.75, 3.05) is 13.2 Å². The van der Waals surface area contributed by atoms with Crippen LogP contribution in [0, 0.1) is 46.3 Å². The van der Waals surface area contributed by atoms with E-state index in [4.69, 9.17) is 9.47 Å². The molecule has 0 heterocycles. The first-order valence-corrected chi connectivity index (χ1v) is 17.6. The number of nitrogens with one attached hydrogen (secondary N) is 1. The summed E-state index contributed by atoms with van der Waals surface area (Å²) in [6.07, 6.45) is 14.8. The van der Waals surface area contributed by atoms with Crippen molar-refractivity contribution in [3.05, 3.63) is 47.5 Å². The third-order valence-corrected chi connectivity index (χ3v) is 12.5. The molecule has 3 fully saturated rings. The molecule has 0 bridgehead atoms. The van der Waals surface area contributed by atoms with Crippen LogP contribution in [0.25, 0.3) is 0 Å². The van der Waals surface area contributed by atoms with E-state index in [1.165, 1.54) is 56.9 Å². The number of allylic oxidation sites excluding steroid dienone is 1. The number of ether oxygens (including phenoxy) is 2. The SMILES string of the molecule is CC(C)CCC[C@H](C)[C@@H]1CC[C@@H]2[C@H]3CC=C4CC(OC(=O)OC(CO)CNCc5ccccc5)CC[C@@]4(C)[C@@H]3CC[C@]21C. The standard InChI is InChI=1S/C38H59NO4/c1-26(2)10-9-11-27(3)33-16-17-34-32-15-14-29-22-30(18-20-37(29,4)35(32)19-21-38(33,34)5)42-36(41)43-31(25-40)24-39-23-28-12-7-6-8-13-28/h6-8,12-14,26-27,30-35,39-40H,9-11,15-25H2,1-5H3/t27-,30?,31?,32+,33-,34+,35+,37+,38-/m0/s1. The third kappa shape index (κ3) is 7.19. The van der Waals surface area contributed by atoms with Gasteiger partial charge in [0.15, 0.2) is 0 Å². The molecule has 5 heteroatoms. The molecule has 4 aliphatic carbocycles. The van der Waals surface area contributed by atoms with Crippen LogP contribution in [-0.4, -0.2) is 36.6 Å². The lowest BCUT2D eigenvalue weighted by molar-refractivity contribution is -0.0652. The van der Waals surface area contributed by atoms with Crippen molar-refractivity contribution in [3.8, 4) is 0 Å². The van der Waals surface area contributed by atoms with Crippen molar-refractivity contribution >= 4 is 6.16 Å². The van der Waals surface area contributed by atoms with Gasteiger partial charge >= 0.3 is 6.16 Å². The van der Waals surface area contributed by atoms with E-state index in [-0.39, 0.29) is 18.1 Å². The number of hydrogen-bond donors (Lipinski definition) is 2. The minimum atomic E-state index is -0.656. The Kier molecular flexibility index (Phi) is 10.6. The average molecular weight is 594 g/mol. The first-order valence-electron chi connectivity index (χ1n) is 17.6. The van der Waals surface area contributed by atoms with Gasteiger partial charge in [-0.2, -0.15) is 0 Å².